The summed E-state index contributed by atoms with van der Waals surface area (Å²) in [6.45, 7) is 2.14. The molecule has 1 atom stereocenters. The highest BCUT2D eigenvalue weighted by atomic mass is 16.5. The van der Waals surface area contributed by atoms with Crippen LogP contribution in [0, 0.1) is 11.3 Å². The minimum absolute atomic E-state index is 0.235. The first-order valence-electron chi connectivity index (χ1n) is 7.77. The van der Waals surface area contributed by atoms with Gasteiger partial charge in [0.15, 0.2) is 0 Å². The Kier molecular flexibility index (Phi) is 5.07. The molecule has 118 valence electrons. The van der Waals surface area contributed by atoms with Crippen molar-refractivity contribution in [3.63, 3.8) is 0 Å². The summed E-state index contributed by atoms with van der Waals surface area (Å²) in [5.74, 6) is 1.61. The topological polar surface area (TPSA) is 67.2 Å². The van der Waals surface area contributed by atoms with Crippen molar-refractivity contribution in [3.05, 3.63) is 53.7 Å². The molecule has 1 aromatic heterocycles. The molecule has 0 bridgehead atoms. The van der Waals surface area contributed by atoms with Gasteiger partial charge in [-0.3, -0.25) is 0 Å². The Morgan fingerprint density at radius 3 is 2.78 bits per heavy atom. The van der Waals surface area contributed by atoms with E-state index < -0.39 is 0 Å². The van der Waals surface area contributed by atoms with E-state index in [0.717, 1.165) is 36.6 Å². The zero-order chi connectivity index (χ0) is 15.9. The summed E-state index contributed by atoms with van der Waals surface area (Å²) in [6.07, 6.45) is 4.00. The van der Waals surface area contributed by atoms with E-state index >= 15 is 0 Å². The van der Waals surface area contributed by atoms with E-state index in [0.29, 0.717) is 18.7 Å². The van der Waals surface area contributed by atoms with E-state index in [1.165, 1.54) is 0 Å². The molecule has 1 saturated heterocycles. The third-order valence-corrected chi connectivity index (χ3v) is 3.75. The lowest BCUT2D eigenvalue weighted by Gasteiger charge is -2.12. The third kappa shape index (κ3) is 4.44. The van der Waals surface area contributed by atoms with Crippen LogP contribution in [0.3, 0.4) is 0 Å². The Hall–Kier alpha value is -2.58. The molecule has 0 radical (unpaired) electrons. The van der Waals surface area contributed by atoms with Gasteiger partial charge < -0.3 is 14.8 Å². The molecule has 0 aliphatic carbocycles. The maximum absolute atomic E-state index is 8.75. The standard InChI is InChI=1S/C18H19N3O2/c19-10-15-5-8-18(21-12-15)20-11-14-3-6-16(7-4-14)23-13-17-2-1-9-22-17/h3-8,12,17H,1-2,9,11,13H2,(H,20,21). The van der Waals surface area contributed by atoms with Crippen molar-refractivity contribution in [2.45, 2.75) is 25.5 Å². The number of nitrogens with zero attached hydrogens (tertiary/aromatic N) is 2. The molecule has 1 N–H and O–H groups in total. The smallest absolute Gasteiger partial charge is 0.126 e. The van der Waals surface area contributed by atoms with Gasteiger partial charge >= 0.3 is 0 Å². The van der Waals surface area contributed by atoms with Crippen LogP contribution in [0.15, 0.2) is 42.6 Å². The van der Waals surface area contributed by atoms with Gasteiger partial charge in [-0.1, -0.05) is 12.1 Å². The second kappa shape index (κ2) is 7.61. The van der Waals surface area contributed by atoms with E-state index in [1.807, 2.05) is 24.3 Å². The molecule has 23 heavy (non-hydrogen) atoms. The number of hydrogen-bond acceptors (Lipinski definition) is 5. The van der Waals surface area contributed by atoms with Crippen molar-refractivity contribution in [1.82, 2.24) is 4.98 Å². The molecule has 1 aliphatic rings. The van der Waals surface area contributed by atoms with Crippen molar-refractivity contribution in [1.29, 1.82) is 5.26 Å². The molecule has 2 aromatic rings. The molecule has 1 fully saturated rings. The Bertz CT molecular complexity index is 656. The van der Waals surface area contributed by atoms with Crippen LogP contribution in [0.1, 0.15) is 24.0 Å². The Morgan fingerprint density at radius 1 is 1.26 bits per heavy atom. The molecular formula is C18H19N3O2. The number of nitriles is 1. The molecular weight excluding hydrogens is 290 g/mol. The number of pyridine rings is 1. The minimum atomic E-state index is 0.235. The number of hydrogen-bond donors (Lipinski definition) is 1. The van der Waals surface area contributed by atoms with Crippen molar-refractivity contribution in [2.75, 3.05) is 18.5 Å². The normalized spacial score (nSPS) is 16.7. The first-order chi connectivity index (χ1) is 11.3. The zero-order valence-corrected chi connectivity index (χ0v) is 12.9. The van der Waals surface area contributed by atoms with Gasteiger partial charge in [0.05, 0.1) is 11.7 Å². The summed E-state index contributed by atoms with van der Waals surface area (Å²) in [5.41, 5.74) is 1.70. The van der Waals surface area contributed by atoms with Crippen molar-refractivity contribution >= 4 is 5.82 Å². The van der Waals surface area contributed by atoms with Crippen molar-refractivity contribution in [2.24, 2.45) is 0 Å². The molecule has 1 unspecified atom stereocenters. The lowest BCUT2D eigenvalue weighted by Crippen LogP contribution is -2.16. The van der Waals surface area contributed by atoms with E-state index in [-0.39, 0.29) is 6.10 Å². The highest BCUT2D eigenvalue weighted by Gasteiger charge is 2.15. The van der Waals surface area contributed by atoms with Gasteiger partial charge in [0.1, 0.15) is 24.2 Å². The lowest BCUT2D eigenvalue weighted by molar-refractivity contribution is 0.0679. The van der Waals surface area contributed by atoms with E-state index in [2.05, 4.69) is 16.4 Å². The zero-order valence-electron chi connectivity index (χ0n) is 12.9. The Labute approximate surface area is 135 Å². The van der Waals surface area contributed by atoms with Gasteiger partial charge in [-0.05, 0) is 42.7 Å². The van der Waals surface area contributed by atoms with Gasteiger partial charge in [-0.15, -0.1) is 0 Å². The van der Waals surface area contributed by atoms with Crippen LogP contribution < -0.4 is 10.1 Å². The summed E-state index contributed by atoms with van der Waals surface area (Å²) in [7, 11) is 0. The quantitative estimate of drug-likeness (QED) is 0.888. The average Bonchev–Trinajstić information content (AvgIpc) is 3.13. The monoisotopic (exact) mass is 309 g/mol. The average molecular weight is 309 g/mol. The van der Waals surface area contributed by atoms with Crippen molar-refractivity contribution < 1.29 is 9.47 Å². The predicted molar refractivity (Wildman–Crippen MR) is 87.2 cm³/mol. The lowest BCUT2D eigenvalue weighted by atomic mass is 10.2. The Morgan fingerprint density at radius 2 is 2.13 bits per heavy atom. The first kappa shape index (κ1) is 15.3. The van der Waals surface area contributed by atoms with Crippen LogP contribution in [0.4, 0.5) is 5.82 Å². The van der Waals surface area contributed by atoms with Gasteiger partial charge in [-0.2, -0.15) is 5.26 Å². The highest BCUT2D eigenvalue weighted by Crippen LogP contribution is 2.17. The number of benzene rings is 1. The maximum Gasteiger partial charge on any atom is 0.126 e. The summed E-state index contributed by atoms with van der Waals surface area (Å²) in [4.78, 5) is 4.18. The fraction of sp³-hybridized carbons (Fsp3) is 0.333. The summed E-state index contributed by atoms with van der Waals surface area (Å²) >= 11 is 0. The fourth-order valence-corrected chi connectivity index (χ4v) is 2.43. The molecule has 3 rings (SSSR count). The van der Waals surface area contributed by atoms with E-state index in [1.54, 1.807) is 18.3 Å². The number of anilines is 1. The summed E-state index contributed by atoms with van der Waals surface area (Å²) < 4.78 is 11.3. The molecule has 1 aliphatic heterocycles. The number of ether oxygens (including phenoxy) is 2. The third-order valence-electron chi connectivity index (χ3n) is 3.75. The number of aromatic nitrogens is 1. The predicted octanol–water partition coefficient (Wildman–Crippen LogP) is 3.12. The maximum atomic E-state index is 8.75. The van der Waals surface area contributed by atoms with Crippen LogP contribution in [0.5, 0.6) is 5.75 Å². The first-order valence-corrected chi connectivity index (χ1v) is 7.77. The fourth-order valence-electron chi connectivity index (χ4n) is 2.43. The van der Waals surface area contributed by atoms with E-state index in [9.17, 15) is 0 Å². The molecule has 5 heteroatoms. The highest BCUT2D eigenvalue weighted by molar-refractivity contribution is 5.40. The number of nitrogens with one attached hydrogen (secondary N) is 1. The van der Waals surface area contributed by atoms with E-state index in [4.69, 9.17) is 14.7 Å². The van der Waals surface area contributed by atoms with Crippen LogP contribution in [-0.4, -0.2) is 24.3 Å². The van der Waals surface area contributed by atoms with Crippen LogP contribution >= 0.6 is 0 Å². The summed E-state index contributed by atoms with van der Waals surface area (Å²) in [6, 6.07) is 13.6. The van der Waals surface area contributed by atoms with Crippen LogP contribution in [-0.2, 0) is 11.3 Å². The largest absolute Gasteiger partial charge is 0.491 e. The second-order valence-corrected chi connectivity index (χ2v) is 5.49. The molecule has 0 saturated carbocycles. The van der Waals surface area contributed by atoms with Gasteiger partial charge in [0.2, 0.25) is 0 Å². The Balaban J connectivity index is 1.47. The minimum Gasteiger partial charge on any atom is -0.491 e. The van der Waals surface area contributed by atoms with Crippen LogP contribution in [0.2, 0.25) is 0 Å². The summed E-state index contributed by atoms with van der Waals surface area (Å²) in [5, 5.41) is 12.0. The molecule has 1 aromatic carbocycles. The molecule has 0 amide bonds. The molecule has 2 heterocycles. The molecule has 0 spiro atoms. The van der Waals surface area contributed by atoms with Gasteiger partial charge in [0.25, 0.3) is 0 Å². The number of rotatable bonds is 6. The second-order valence-electron chi connectivity index (χ2n) is 5.49. The van der Waals surface area contributed by atoms with Gasteiger partial charge in [-0.25, -0.2) is 4.98 Å². The molecule has 5 nitrogen and oxygen atoms in total. The SMILES string of the molecule is N#Cc1ccc(NCc2ccc(OCC3CCCO3)cc2)nc1. The van der Waals surface area contributed by atoms with Crippen molar-refractivity contribution in [3.8, 4) is 11.8 Å². The van der Waals surface area contributed by atoms with Gasteiger partial charge in [0, 0.05) is 19.3 Å². The van der Waals surface area contributed by atoms with Crippen LogP contribution in [0.25, 0.3) is 0 Å².